The van der Waals surface area contributed by atoms with Gasteiger partial charge in [0.15, 0.2) is 5.60 Å². The molecular weight excluding hydrogens is 326 g/mol. The minimum Gasteiger partial charge on any atom is -0.457 e. The molecule has 2 aliphatic rings. The molecule has 2 aromatic carbocycles. The summed E-state index contributed by atoms with van der Waals surface area (Å²) >= 11 is 0. The normalized spacial score (nSPS) is 19.9. The molecule has 3 aromatic rings. The molecule has 1 aromatic heterocycles. The number of para-hydroxylation sites is 2. The summed E-state index contributed by atoms with van der Waals surface area (Å²) < 4.78 is 12.6. The summed E-state index contributed by atoms with van der Waals surface area (Å²) in [5.41, 5.74) is 8.79. The molecule has 2 N–H and O–H groups in total. The Morgan fingerprint density at radius 2 is 1.62 bits per heavy atom. The summed E-state index contributed by atoms with van der Waals surface area (Å²) in [6, 6.07) is 19.6. The molecule has 1 atom stereocenters. The van der Waals surface area contributed by atoms with E-state index < -0.39 is 11.8 Å². The zero-order chi connectivity index (χ0) is 17.6. The maximum Gasteiger partial charge on any atom is 0.170 e. The van der Waals surface area contributed by atoms with Crippen molar-refractivity contribution >= 4 is 5.71 Å². The first-order valence-electron chi connectivity index (χ1n) is 8.54. The third-order valence-electron chi connectivity index (χ3n) is 4.78. The quantitative estimate of drug-likeness (QED) is 0.736. The molecule has 0 bridgehead atoms. The van der Waals surface area contributed by atoms with Gasteiger partial charge in [0, 0.05) is 29.1 Å². The highest BCUT2D eigenvalue weighted by Gasteiger charge is 2.50. The molecule has 0 fully saturated rings. The second-order valence-electron chi connectivity index (χ2n) is 6.36. The molecule has 5 heteroatoms. The van der Waals surface area contributed by atoms with E-state index in [0.29, 0.717) is 6.54 Å². The number of aliphatic imine (C=N–C) groups is 1. The van der Waals surface area contributed by atoms with E-state index in [-0.39, 0.29) is 0 Å². The van der Waals surface area contributed by atoms with Crippen molar-refractivity contribution in [1.29, 1.82) is 0 Å². The topological polar surface area (TPSA) is 69.7 Å². The lowest BCUT2D eigenvalue weighted by molar-refractivity contribution is -0.0347. The number of rotatable bonds is 1. The van der Waals surface area contributed by atoms with Crippen molar-refractivity contribution in [2.45, 2.75) is 11.8 Å². The minimum atomic E-state index is -0.924. The van der Waals surface area contributed by atoms with Crippen LogP contribution in [0.5, 0.6) is 11.5 Å². The van der Waals surface area contributed by atoms with Crippen LogP contribution in [0.15, 0.2) is 78.0 Å². The van der Waals surface area contributed by atoms with Gasteiger partial charge < -0.3 is 15.2 Å². The number of hydrogen-bond donors (Lipinski definition) is 1. The minimum absolute atomic E-state index is 0.400. The first-order chi connectivity index (χ1) is 12.8. The van der Waals surface area contributed by atoms with E-state index >= 15 is 0 Å². The van der Waals surface area contributed by atoms with Crippen molar-refractivity contribution in [3.63, 3.8) is 0 Å². The number of hydrogen-bond acceptors (Lipinski definition) is 5. The lowest BCUT2D eigenvalue weighted by Gasteiger charge is -2.44. The molecular formula is C21H17N3O2. The zero-order valence-corrected chi connectivity index (χ0v) is 14.0. The van der Waals surface area contributed by atoms with Crippen LogP contribution >= 0.6 is 0 Å². The molecule has 0 saturated heterocycles. The zero-order valence-electron chi connectivity index (χ0n) is 14.0. The first-order valence-corrected chi connectivity index (χ1v) is 8.54. The van der Waals surface area contributed by atoms with Crippen LogP contribution in [0.3, 0.4) is 0 Å². The number of aromatic nitrogens is 1. The van der Waals surface area contributed by atoms with E-state index in [1.54, 1.807) is 6.20 Å². The van der Waals surface area contributed by atoms with Gasteiger partial charge in [-0.2, -0.15) is 0 Å². The largest absolute Gasteiger partial charge is 0.457 e. The van der Waals surface area contributed by atoms with E-state index in [4.69, 9.17) is 20.2 Å². The standard InChI is InChI=1S/C21H17N3O2/c22-19-13-24-20(14-6-5-11-23-12-14)21(26-19)15-7-1-3-9-17(15)25-18-10-4-2-8-16(18)21/h1-12,19H,13,22H2. The summed E-state index contributed by atoms with van der Waals surface area (Å²) in [7, 11) is 0. The molecule has 0 amide bonds. The van der Waals surface area contributed by atoms with Crippen molar-refractivity contribution < 1.29 is 9.47 Å². The molecule has 3 heterocycles. The highest BCUT2D eigenvalue weighted by atomic mass is 16.5. The fourth-order valence-electron chi connectivity index (χ4n) is 3.75. The van der Waals surface area contributed by atoms with E-state index in [2.05, 4.69) is 4.98 Å². The molecule has 1 spiro atoms. The van der Waals surface area contributed by atoms with Gasteiger partial charge in [0.1, 0.15) is 17.7 Å². The molecule has 1 unspecified atom stereocenters. The van der Waals surface area contributed by atoms with Crippen molar-refractivity contribution in [1.82, 2.24) is 4.98 Å². The average Bonchev–Trinajstić information content (AvgIpc) is 2.69. The van der Waals surface area contributed by atoms with Gasteiger partial charge in [0.05, 0.1) is 12.3 Å². The predicted molar refractivity (Wildman–Crippen MR) is 98.4 cm³/mol. The SMILES string of the molecule is NC1CN=C(c2cccnc2)C2(O1)c1ccccc1Oc1ccccc12. The number of benzene rings is 2. The van der Waals surface area contributed by atoms with Crippen molar-refractivity contribution in [3.8, 4) is 11.5 Å². The van der Waals surface area contributed by atoms with E-state index in [9.17, 15) is 0 Å². The summed E-state index contributed by atoms with van der Waals surface area (Å²) in [4.78, 5) is 9.10. The van der Waals surface area contributed by atoms with Gasteiger partial charge in [-0.1, -0.05) is 36.4 Å². The Morgan fingerprint density at radius 3 is 2.27 bits per heavy atom. The molecule has 0 saturated carbocycles. The summed E-state index contributed by atoms with van der Waals surface area (Å²) in [6.07, 6.45) is 3.05. The Kier molecular flexibility index (Phi) is 3.38. The van der Waals surface area contributed by atoms with Gasteiger partial charge >= 0.3 is 0 Å². The number of fused-ring (bicyclic) bond motifs is 4. The Labute approximate surface area is 151 Å². The third kappa shape index (κ3) is 2.11. The summed E-state index contributed by atoms with van der Waals surface area (Å²) in [5.74, 6) is 1.49. The van der Waals surface area contributed by atoms with Gasteiger partial charge in [-0.05, 0) is 24.3 Å². The van der Waals surface area contributed by atoms with Gasteiger partial charge in [-0.15, -0.1) is 0 Å². The maximum atomic E-state index is 6.47. The fraction of sp³-hybridized carbons (Fsp3) is 0.143. The maximum absolute atomic E-state index is 6.47. The molecule has 2 aliphatic heterocycles. The Balaban J connectivity index is 1.86. The van der Waals surface area contributed by atoms with Crippen LogP contribution in [0.4, 0.5) is 0 Å². The first kappa shape index (κ1) is 15.3. The predicted octanol–water partition coefficient (Wildman–Crippen LogP) is 3.24. The van der Waals surface area contributed by atoms with Crippen molar-refractivity contribution in [2.75, 3.05) is 6.54 Å². The Hall–Kier alpha value is -3.02. The van der Waals surface area contributed by atoms with Gasteiger partial charge in [0.25, 0.3) is 0 Å². The monoisotopic (exact) mass is 343 g/mol. The van der Waals surface area contributed by atoms with E-state index in [1.165, 1.54) is 0 Å². The average molecular weight is 343 g/mol. The molecule has 0 radical (unpaired) electrons. The van der Waals surface area contributed by atoms with Crippen LogP contribution in [0.2, 0.25) is 0 Å². The van der Waals surface area contributed by atoms with Crippen LogP contribution in [0.25, 0.3) is 0 Å². The van der Waals surface area contributed by atoms with Crippen LogP contribution in [0, 0.1) is 0 Å². The lowest BCUT2D eigenvalue weighted by Crippen LogP contribution is -2.51. The second-order valence-corrected chi connectivity index (χ2v) is 6.36. The van der Waals surface area contributed by atoms with Crippen LogP contribution < -0.4 is 10.5 Å². The lowest BCUT2D eigenvalue weighted by atomic mass is 9.76. The Bertz CT molecular complexity index is 955. The second kappa shape index (κ2) is 5.76. The van der Waals surface area contributed by atoms with Crippen LogP contribution in [0.1, 0.15) is 16.7 Å². The number of ether oxygens (including phenoxy) is 2. The molecule has 26 heavy (non-hydrogen) atoms. The van der Waals surface area contributed by atoms with Gasteiger partial charge in [-0.25, -0.2) is 0 Å². The number of nitrogens with two attached hydrogens (primary N) is 1. The Morgan fingerprint density at radius 1 is 0.923 bits per heavy atom. The molecule has 128 valence electrons. The summed E-state index contributed by atoms with van der Waals surface area (Å²) in [6.45, 7) is 0.400. The summed E-state index contributed by atoms with van der Waals surface area (Å²) in [5, 5.41) is 0. The molecule has 0 aliphatic carbocycles. The van der Waals surface area contributed by atoms with Crippen molar-refractivity contribution in [3.05, 3.63) is 89.7 Å². The number of pyridine rings is 1. The van der Waals surface area contributed by atoms with E-state index in [1.807, 2.05) is 66.9 Å². The fourth-order valence-corrected chi connectivity index (χ4v) is 3.75. The van der Waals surface area contributed by atoms with Crippen LogP contribution in [-0.4, -0.2) is 23.5 Å². The van der Waals surface area contributed by atoms with Crippen molar-refractivity contribution in [2.24, 2.45) is 10.7 Å². The van der Waals surface area contributed by atoms with Gasteiger partial charge in [0.2, 0.25) is 0 Å². The highest BCUT2D eigenvalue weighted by Crippen LogP contribution is 2.51. The molecule has 5 nitrogen and oxygen atoms in total. The third-order valence-corrected chi connectivity index (χ3v) is 4.78. The van der Waals surface area contributed by atoms with Gasteiger partial charge in [-0.3, -0.25) is 9.98 Å². The highest BCUT2D eigenvalue weighted by molar-refractivity contribution is 6.10. The molecule has 5 rings (SSSR count). The van der Waals surface area contributed by atoms with Crippen LogP contribution in [-0.2, 0) is 10.3 Å². The number of nitrogens with zero attached hydrogens (tertiary/aromatic N) is 2. The van der Waals surface area contributed by atoms with E-state index in [0.717, 1.165) is 33.9 Å². The smallest absolute Gasteiger partial charge is 0.170 e.